The third-order valence-corrected chi connectivity index (χ3v) is 5.29. The predicted octanol–water partition coefficient (Wildman–Crippen LogP) is 2.76. The van der Waals surface area contributed by atoms with E-state index in [-0.39, 0.29) is 24.9 Å². The van der Waals surface area contributed by atoms with Crippen LogP contribution >= 0.6 is 0 Å². The molecule has 4 rings (SSSR count). The summed E-state index contributed by atoms with van der Waals surface area (Å²) in [6.45, 7) is 1.19. The highest BCUT2D eigenvalue weighted by Gasteiger charge is 2.41. The number of hydrogen-bond acceptors (Lipinski definition) is 3. The van der Waals surface area contributed by atoms with Gasteiger partial charge >= 0.3 is 0 Å². The molecule has 2 aliphatic rings. The van der Waals surface area contributed by atoms with Crippen molar-refractivity contribution in [3.05, 3.63) is 71.0 Å². The van der Waals surface area contributed by atoms with Gasteiger partial charge < -0.3 is 14.7 Å². The molecule has 1 unspecified atom stereocenters. The first-order valence-corrected chi connectivity index (χ1v) is 8.70. The van der Waals surface area contributed by atoms with E-state index in [0.717, 1.165) is 5.56 Å². The first-order chi connectivity index (χ1) is 12.6. The molecular weight excluding hydrogens is 333 g/mol. The summed E-state index contributed by atoms with van der Waals surface area (Å²) >= 11 is 0. The van der Waals surface area contributed by atoms with Crippen LogP contribution in [0.4, 0.5) is 4.39 Å². The normalized spacial score (nSPS) is 21.8. The van der Waals surface area contributed by atoms with Crippen LogP contribution in [0.15, 0.2) is 54.1 Å². The molecule has 0 saturated carbocycles. The number of benzene rings is 2. The molecule has 0 spiro atoms. The fraction of sp³-hybridized carbons (Fsp3) is 0.286. The number of ether oxygens (including phenoxy) is 1. The van der Waals surface area contributed by atoms with Crippen molar-refractivity contribution in [1.82, 2.24) is 4.90 Å². The van der Waals surface area contributed by atoms with Crippen LogP contribution in [0.2, 0.25) is 0 Å². The number of hydrogen-bond donors (Lipinski definition) is 1. The number of aliphatic hydroxyl groups is 1. The fourth-order valence-electron chi connectivity index (χ4n) is 3.77. The molecule has 4 nitrogen and oxygen atoms in total. The van der Waals surface area contributed by atoms with E-state index in [2.05, 4.69) is 0 Å². The first-order valence-electron chi connectivity index (χ1n) is 8.70. The lowest BCUT2D eigenvalue weighted by atomic mass is 9.80. The van der Waals surface area contributed by atoms with E-state index >= 15 is 0 Å². The van der Waals surface area contributed by atoms with Gasteiger partial charge in [0.25, 0.3) is 5.91 Å². The molecule has 134 valence electrons. The Morgan fingerprint density at radius 2 is 2.04 bits per heavy atom. The summed E-state index contributed by atoms with van der Waals surface area (Å²) in [6, 6.07) is 14.1. The van der Waals surface area contributed by atoms with Gasteiger partial charge in [-0.05, 0) is 36.3 Å². The molecule has 1 amide bonds. The minimum atomic E-state index is -0.434. The first kappa shape index (κ1) is 16.8. The average molecular weight is 353 g/mol. The molecule has 5 heteroatoms. The molecule has 2 aromatic rings. The number of amides is 1. The highest BCUT2D eigenvalue weighted by atomic mass is 19.1. The molecule has 0 radical (unpaired) electrons. The second-order valence-corrected chi connectivity index (χ2v) is 6.92. The molecule has 2 heterocycles. The molecular formula is C21H20FNO3. The largest absolute Gasteiger partial charge is 0.488 e. The Kier molecular flexibility index (Phi) is 4.24. The number of carbonyl (C=O) groups excluding carboxylic acids is 1. The van der Waals surface area contributed by atoms with Crippen LogP contribution in [0.5, 0.6) is 5.75 Å². The Hall–Kier alpha value is -2.66. The lowest BCUT2D eigenvalue weighted by molar-refractivity contribution is -0.126. The SMILES string of the molecule is O=C(C1=Cc2cc(F)ccc2OC1)N1CCC(CO)(c2ccccc2)C1. The Labute approximate surface area is 151 Å². The Morgan fingerprint density at radius 1 is 1.23 bits per heavy atom. The molecule has 2 aliphatic heterocycles. The van der Waals surface area contributed by atoms with Gasteiger partial charge in [0.1, 0.15) is 18.2 Å². The van der Waals surface area contributed by atoms with Crippen LogP contribution in [0.25, 0.3) is 6.08 Å². The molecule has 0 aliphatic carbocycles. The molecule has 1 N–H and O–H groups in total. The van der Waals surface area contributed by atoms with Crippen molar-refractivity contribution >= 4 is 12.0 Å². The molecule has 1 saturated heterocycles. The third-order valence-electron chi connectivity index (χ3n) is 5.29. The monoisotopic (exact) mass is 353 g/mol. The van der Waals surface area contributed by atoms with E-state index in [1.54, 1.807) is 17.0 Å². The summed E-state index contributed by atoms with van der Waals surface area (Å²) in [4.78, 5) is 14.7. The zero-order valence-electron chi connectivity index (χ0n) is 14.3. The van der Waals surface area contributed by atoms with Crippen molar-refractivity contribution in [2.75, 3.05) is 26.3 Å². The second kappa shape index (κ2) is 6.57. The van der Waals surface area contributed by atoms with Crippen LogP contribution in [-0.2, 0) is 10.2 Å². The van der Waals surface area contributed by atoms with Crippen molar-refractivity contribution < 1.29 is 19.0 Å². The van der Waals surface area contributed by atoms with Crippen molar-refractivity contribution in [2.45, 2.75) is 11.8 Å². The van der Waals surface area contributed by atoms with Gasteiger partial charge in [0.2, 0.25) is 0 Å². The van der Waals surface area contributed by atoms with Gasteiger partial charge in [-0.1, -0.05) is 30.3 Å². The molecule has 0 aromatic heterocycles. The number of aliphatic hydroxyl groups excluding tert-OH is 1. The van der Waals surface area contributed by atoms with Gasteiger partial charge in [0, 0.05) is 24.1 Å². The maximum atomic E-state index is 13.5. The number of fused-ring (bicyclic) bond motifs is 1. The maximum absolute atomic E-state index is 13.5. The van der Waals surface area contributed by atoms with E-state index in [9.17, 15) is 14.3 Å². The molecule has 26 heavy (non-hydrogen) atoms. The number of rotatable bonds is 3. The van der Waals surface area contributed by atoms with Crippen molar-refractivity contribution in [1.29, 1.82) is 0 Å². The van der Waals surface area contributed by atoms with E-state index < -0.39 is 5.41 Å². The molecule has 2 aromatic carbocycles. The van der Waals surface area contributed by atoms with E-state index in [1.165, 1.54) is 12.1 Å². The Bertz CT molecular complexity index is 865. The average Bonchev–Trinajstić information content (AvgIpc) is 3.13. The summed E-state index contributed by atoms with van der Waals surface area (Å²) in [6.07, 6.45) is 2.41. The standard InChI is InChI=1S/C21H20FNO3/c22-18-6-7-19-15(11-18)10-16(12-26-19)20(25)23-9-8-21(13-23,14-24)17-4-2-1-3-5-17/h1-7,10-11,24H,8-9,12-14H2. The van der Waals surface area contributed by atoms with E-state index in [1.807, 2.05) is 30.3 Å². The van der Waals surface area contributed by atoms with Gasteiger partial charge in [0.15, 0.2) is 0 Å². The lowest BCUT2D eigenvalue weighted by Crippen LogP contribution is -2.38. The van der Waals surface area contributed by atoms with Gasteiger partial charge in [0.05, 0.1) is 12.2 Å². The zero-order chi connectivity index (χ0) is 18.1. The van der Waals surface area contributed by atoms with Gasteiger partial charge in [-0.15, -0.1) is 0 Å². The number of carbonyl (C=O) groups is 1. The molecule has 1 fully saturated rings. The Balaban J connectivity index is 1.57. The van der Waals surface area contributed by atoms with Crippen LogP contribution in [0, 0.1) is 5.82 Å². The minimum absolute atomic E-state index is 0.00954. The van der Waals surface area contributed by atoms with Gasteiger partial charge in [-0.3, -0.25) is 4.79 Å². The topological polar surface area (TPSA) is 49.8 Å². The second-order valence-electron chi connectivity index (χ2n) is 6.92. The fourth-order valence-corrected chi connectivity index (χ4v) is 3.77. The molecule has 0 bridgehead atoms. The third kappa shape index (κ3) is 2.88. The van der Waals surface area contributed by atoms with E-state index in [0.29, 0.717) is 36.4 Å². The van der Waals surface area contributed by atoms with Crippen LogP contribution < -0.4 is 4.74 Å². The number of nitrogens with zero attached hydrogens (tertiary/aromatic N) is 1. The van der Waals surface area contributed by atoms with Crippen molar-refractivity contribution in [3.63, 3.8) is 0 Å². The highest BCUT2D eigenvalue weighted by Crippen LogP contribution is 2.35. The summed E-state index contributed by atoms with van der Waals surface area (Å²) in [5.41, 5.74) is 1.69. The summed E-state index contributed by atoms with van der Waals surface area (Å²) in [5.74, 6) is 0.103. The number of likely N-dealkylation sites (tertiary alicyclic amines) is 1. The summed E-state index contributed by atoms with van der Waals surface area (Å²) in [5, 5.41) is 10.0. The van der Waals surface area contributed by atoms with Crippen molar-refractivity contribution in [2.24, 2.45) is 0 Å². The lowest BCUT2D eigenvalue weighted by Gasteiger charge is -2.28. The minimum Gasteiger partial charge on any atom is -0.488 e. The van der Waals surface area contributed by atoms with Crippen LogP contribution in [0.3, 0.4) is 0 Å². The Morgan fingerprint density at radius 3 is 2.81 bits per heavy atom. The summed E-state index contributed by atoms with van der Waals surface area (Å²) in [7, 11) is 0. The van der Waals surface area contributed by atoms with Gasteiger partial charge in [-0.25, -0.2) is 4.39 Å². The summed E-state index contributed by atoms with van der Waals surface area (Å²) < 4.78 is 19.1. The quantitative estimate of drug-likeness (QED) is 0.923. The van der Waals surface area contributed by atoms with Crippen molar-refractivity contribution in [3.8, 4) is 5.75 Å². The maximum Gasteiger partial charge on any atom is 0.253 e. The van der Waals surface area contributed by atoms with Crippen LogP contribution in [0.1, 0.15) is 17.5 Å². The number of halogens is 1. The smallest absolute Gasteiger partial charge is 0.253 e. The zero-order valence-corrected chi connectivity index (χ0v) is 14.3. The predicted molar refractivity (Wildman–Crippen MR) is 96.3 cm³/mol. The highest BCUT2D eigenvalue weighted by molar-refractivity contribution is 5.99. The van der Waals surface area contributed by atoms with Crippen LogP contribution in [-0.4, -0.2) is 42.2 Å². The molecule has 1 atom stereocenters. The van der Waals surface area contributed by atoms with Gasteiger partial charge in [-0.2, -0.15) is 0 Å². The van der Waals surface area contributed by atoms with E-state index in [4.69, 9.17) is 4.74 Å².